The second-order valence-electron chi connectivity index (χ2n) is 2.93. The van der Waals surface area contributed by atoms with Gasteiger partial charge in [0.25, 0.3) is 0 Å². The number of hydrogen-bond acceptors (Lipinski definition) is 2. The van der Waals surface area contributed by atoms with E-state index in [0.717, 1.165) is 0 Å². The van der Waals surface area contributed by atoms with Crippen molar-refractivity contribution in [2.45, 2.75) is 12.3 Å². The van der Waals surface area contributed by atoms with Gasteiger partial charge in [-0.05, 0) is 22.0 Å². The topological polar surface area (TPSA) is 57.5 Å². The van der Waals surface area contributed by atoms with E-state index >= 15 is 0 Å². The summed E-state index contributed by atoms with van der Waals surface area (Å²) in [7, 11) is 0. The maximum atomic E-state index is 12.8. The second-order valence-corrected chi connectivity index (χ2v) is 3.79. The van der Waals surface area contributed by atoms with Crippen molar-refractivity contribution in [3.05, 3.63) is 28.2 Å². The molecule has 0 unspecified atom stereocenters. The predicted octanol–water partition coefficient (Wildman–Crippen LogP) is 2.42. The van der Waals surface area contributed by atoms with Gasteiger partial charge in [-0.15, -0.1) is 0 Å². The van der Waals surface area contributed by atoms with Crippen LogP contribution >= 0.6 is 15.9 Å². The molecule has 1 aromatic carbocycles. The molecule has 0 spiro atoms. The number of phenols is 1. The number of aliphatic carboxylic acids is 1. The minimum atomic E-state index is -3.88. The summed E-state index contributed by atoms with van der Waals surface area (Å²) in [6, 6.07) is 4.16. The average Bonchev–Trinajstić information content (AvgIpc) is 2.12. The van der Waals surface area contributed by atoms with Crippen molar-refractivity contribution in [3.63, 3.8) is 0 Å². The lowest BCUT2D eigenvalue weighted by Gasteiger charge is -2.12. The maximum absolute atomic E-state index is 12.8. The number of hydrogen-bond donors (Lipinski definition) is 2. The summed E-state index contributed by atoms with van der Waals surface area (Å²) in [6.07, 6.45) is -1.03. The first kappa shape index (κ1) is 11.9. The molecule has 2 N–H and O–H groups in total. The Balaban J connectivity index is 3.00. The number of carbonyl (C=O) groups is 1. The van der Waals surface area contributed by atoms with Crippen molar-refractivity contribution < 1.29 is 23.8 Å². The smallest absolute Gasteiger partial charge is 0.374 e. The van der Waals surface area contributed by atoms with Crippen LogP contribution in [0.15, 0.2) is 22.7 Å². The third-order valence-electron chi connectivity index (χ3n) is 1.80. The Hall–Kier alpha value is -1.17. The number of aromatic hydroxyl groups is 1. The highest BCUT2D eigenvalue weighted by Crippen LogP contribution is 2.31. The molecule has 0 bridgehead atoms. The quantitative estimate of drug-likeness (QED) is 0.894. The number of rotatable bonds is 3. The van der Waals surface area contributed by atoms with E-state index in [0.29, 0.717) is 0 Å². The van der Waals surface area contributed by atoms with E-state index in [9.17, 15) is 18.7 Å². The van der Waals surface area contributed by atoms with Crippen molar-refractivity contribution in [1.82, 2.24) is 0 Å². The molecule has 0 aliphatic heterocycles. The van der Waals surface area contributed by atoms with Gasteiger partial charge in [0, 0.05) is 5.56 Å². The minimum Gasteiger partial charge on any atom is -0.506 e. The molecule has 1 aromatic rings. The van der Waals surface area contributed by atoms with Crippen molar-refractivity contribution in [2.75, 3.05) is 0 Å². The Morgan fingerprint density at radius 1 is 1.47 bits per heavy atom. The summed E-state index contributed by atoms with van der Waals surface area (Å²) in [5.74, 6) is -6.45. The van der Waals surface area contributed by atoms with Crippen LogP contribution in [0.3, 0.4) is 0 Å². The van der Waals surface area contributed by atoms with Crippen LogP contribution in [0.25, 0.3) is 0 Å². The molecule has 0 atom stereocenters. The molecular weight excluding hydrogens is 274 g/mol. The summed E-state index contributed by atoms with van der Waals surface area (Å²) in [5, 5.41) is 17.6. The summed E-state index contributed by atoms with van der Waals surface area (Å²) in [4.78, 5) is 10.2. The fourth-order valence-corrected chi connectivity index (χ4v) is 1.42. The van der Waals surface area contributed by atoms with E-state index in [1.165, 1.54) is 18.2 Å². The average molecular weight is 281 g/mol. The Bertz CT molecular complexity index is 393. The van der Waals surface area contributed by atoms with Crippen LogP contribution in [0.1, 0.15) is 5.56 Å². The molecule has 0 amide bonds. The molecule has 0 heterocycles. The van der Waals surface area contributed by atoms with E-state index in [1.54, 1.807) is 0 Å². The first-order valence-corrected chi connectivity index (χ1v) is 4.71. The highest BCUT2D eigenvalue weighted by molar-refractivity contribution is 9.10. The molecule has 0 saturated carbocycles. The number of phenolic OH excluding ortho intramolecular Hbond substituents is 1. The predicted molar refractivity (Wildman–Crippen MR) is 52.1 cm³/mol. The first-order valence-electron chi connectivity index (χ1n) is 3.92. The summed E-state index contributed by atoms with van der Waals surface area (Å²) in [6.45, 7) is 0. The minimum absolute atomic E-state index is 0.114. The zero-order valence-corrected chi connectivity index (χ0v) is 8.96. The third-order valence-corrected chi connectivity index (χ3v) is 2.44. The highest BCUT2D eigenvalue weighted by Gasteiger charge is 2.39. The van der Waals surface area contributed by atoms with Crippen molar-refractivity contribution in [3.8, 4) is 5.75 Å². The van der Waals surface area contributed by atoms with Crippen LogP contribution in [0.5, 0.6) is 5.75 Å². The van der Waals surface area contributed by atoms with Gasteiger partial charge in [0.1, 0.15) is 5.75 Å². The molecule has 82 valence electrons. The van der Waals surface area contributed by atoms with E-state index in [-0.39, 0.29) is 15.8 Å². The van der Waals surface area contributed by atoms with Gasteiger partial charge in [0.05, 0.1) is 10.9 Å². The first-order chi connectivity index (χ1) is 6.84. The second kappa shape index (κ2) is 4.14. The van der Waals surface area contributed by atoms with Gasteiger partial charge >= 0.3 is 11.9 Å². The lowest BCUT2D eigenvalue weighted by atomic mass is 10.1. The number of carboxylic acid groups (broad SMARTS) is 1. The van der Waals surface area contributed by atoms with Crippen LogP contribution in [0, 0.1) is 0 Å². The third kappa shape index (κ3) is 2.65. The van der Waals surface area contributed by atoms with Gasteiger partial charge in [-0.2, -0.15) is 8.78 Å². The highest BCUT2D eigenvalue weighted by atomic mass is 79.9. The van der Waals surface area contributed by atoms with Gasteiger partial charge in [0.2, 0.25) is 0 Å². The number of alkyl halides is 2. The van der Waals surface area contributed by atoms with Gasteiger partial charge < -0.3 is 10.2 Å². The van der Waals surface area contributed by atoms with E-state index in [1.807, 2.05) is 0 Å². The fraction of sp³-hybridized carbons (Fsp3) is 0.222. The van der Waals surface area contributed by atoms with E-state index < -0.39 is 18.3 Å². The SMILES string of the molecule is O=C(O)C(F)(F)Cc1cccc(Br)c1O. The standard InChI is InChI=1S/C9H7BrF2O3/c10-6-3-1-2-5(7(6)13)4-9(11,12)8(14)15/h1-3,13H,4H2,(H,14,15). The van der Waals surface area contributed by atoms with Crippen molar-refractivity contribution in [2.24, 2.45) is 0 Å². The number of halogens is 3. The van der Waals surface area contributed by atoms with E-state index in [2.05, 4.69) is 15.9 Å². The molecule has 0 fully saturated rings. The summed E-state index contributed by atoms with van der Waals surface area (Å²) >= 11 is 2.95. The maximum Gasteiger partial charge on any atom is 0.374 e. The van der Waals surface area contributed by atoms with Crippen LogP contribution in [0.4, 0.5) is 8.78 Å². The monoisotopic (exact) mass is 280 g/mol. The molecule has 0 aliphatic carbocycles. The number of benzene rings is 1. The van der Waals surface area contributed by atoms with Gasteiger partial charge in [-0.25, -0.2) is 4.79 Å². The Kier molecular flexibility index (Phi) is 3.28. The van der Waals surface area contributed by atoms with Gasteiger partial charge in [0.15, 0.2) is 0 Å². The molecule has 3 nitrogen and oxygen atoms in total. The normalized spacial score (nSPS) is 11.4. The molecule has 6 heteroatoms. The van der Waals surface area contributed by atoms with Gasteiger partial charge in [-0.3, -0.25) is 0 Å². The fourth-order valence-electron chi connectivity index (χ4n) is 1.02. The van der Waals surface area contributed by atoms with Crippen LogP contribution in [-0.4, -0.2) is 22.1 Å². The molecular formula is C9H7BrF2O3. The largest absolute Gasteiger partial charge is 0.506 e. The van der Waals surface area contributed by atoms with E-state index in [4.69, 9.17) is 5.11 Å². The molecule has 0 saturated heterocycles. The lowest BCUT2D eigenvalue weighted by Crippen LogP contribution is -2.30. The summed E-state index contributed by atoms with van der Waals surface area (Å²) in [5.41, 5.74) is -0.114. The Morgan fingerprint density at radius 2 is 2.07 bits per heavy atom. The molecule has 0 aromatic heterocycles. The zero-order chi connectivity index (χ0) is 11.6. The number of carboxylic acids is 1. The molecule has 15 heavy (non-hydrogen) atoms. The molecule has 0 radical (unpaired) electrons. The zero-order valence-electron chi connectivity index (χ0n) is 7.38. The van der Waals surface area contributed by atoms with Crippen LogP contribution < -0.4 is 0 Å². The van der Waals surface area contributed by atoms with Crippen LogP contribution in [0.2, 0.25) is 0 Å². The van der Waals surface area contributed by atoms with Crippen molar-refractivity contribution >= 4 is 21.9 Å². The number of para-hydroxylation sites is 1. The lowest BCUT2D eigenvalue weighted by molar-refractivity contribution is -0.164. The Morgan fingerprint density at radius 3 is 2.60 bits per heavy atom. The molecule has 1 rings (SSSR count). The van der Waals surface area contributed by atoms with Crippen molar-refractivity contribution in [1.29, 1.82) is 0 Å². The summed E-state index contributed by atoms with van der Waals surface area (Å²) < 4.78 is 25.9. The van der Waals surface area contributed by atoms with Gasteiger partial charge in [-0.1, -0.05) is 12.1 Å². The Labute approximate surface area is 92.5 Å². The molecule has 0 aliphatic rings. The van der Waals surface area contributed by atoms with Crippen LogP contribution in [-0.2, 0) is 11.2 Å².